The first-order valence-electron chi connectivity index (χ1n) is 2.76. The molecule has 38 valence electrons. The van der Waals surface area contributed by atoms with E-state index >= 15 is 0 Å². The van der Waals surface area contributed by atoms with Crippen LogP contribution in [0.1, 0.15) is 6.42 Å². The molecule has 2 nitrogen and oxygen atoms in total. The molecule has 7 heavy (non-hydrogen) atoms. The lowest BCUT2D eigenvalue weighted by molar-refractivity contribution is 0.325. The topological polar surface area (TPSA) is 25.1 Å². The molecule has 2 aliphatic heterocycles. The summed E-state index contributed by atoms with van der Waals surface area (Å²) >= 11 is 0. The van der Waals surface area contributed by atoms with Gasteiger partial charge in [0.25, 0.3) is 0 Å². The Morgan fingerprint density at radius 3 is 1.86 bits per heavy atom. The zero-order valence-corrected chi connectivity index (χ0v) is 3.83. The van der Waals surface area contributed by atoms with Gasteiger partial charge < -0.3 is 9.47 Å². The van der Waals surface area contributed by atoms with E-state index in [1.165, 1.54) is 6.42 Å². The third-order valence-corrected chi connectivity index (χ3v) is 2.03. The minimum Gasteiger partial charge on any atom is -0.367 e. The van der Waals surface area contributed by atoms with Crippen molar-refractivity contribution in [3.63, 3.8) is 0 Å². The molecular formula is C5H6O2. The smallest absolute Gasteiger partial charge is 0.113 e. The highest BCUT2D eigenvalue weighted by Gasteiger charge is 2.65. The van der Waals surface area contributed by atoms with E-state index in [1.807, 2.05) is 0 Å². The Kier molecular flexibility index (Phi) is 0.280. The fourth-order valence-corrected chi connectivity index (χ4v) is 1.50. The minimum absolute atomic E-state index is 0.532. The van der Waals surface area contributed by atoms with Crippen LogP contribution >= 0.6 is 0 Å². The Labute approximate surface area is 41.4 Å². The summed E-state index contributed by atoms with van der Waals surface area (Å²) in [4.78, 5) is 0. The first kappa shape index (κ1) is 3.05. The first-order chi connectivity index (χ1) is 3.45. The van der Waals surface area contributed by atoms with Crippen LogP contribution in [-0.4, -0.2) is 24.4 Å². The fourth-order valence-electron chi connectivity index (χ4n) is 1.50. The van der Waals surface area contributed by atoms with Crippen LogP contribution in [0, 0.1) is 0 Å². The molecule has 4 atom stereocenters. The van der Waals surface area contributed by atoms with E-state index in [2.05, 4.69) is 0 Å². The summed E-state index contributed by atoms with van der Waals surface area (Å²) < 4.78 is 10.4. The van der Waals surface area contributed by atoms with E-state index in [1.54, 1.807) is 0 Å². The third-order valence-electron chi connectivity index (χ3n) is 2.03. The molecule has 0 bridgehead atoms. The molecule has 1 aliphatic carbocycles. The zero-order valence-electron chi connectivity index (χ0n) is 3.83. The van der Waals surface area contributed by atoms with Crippen LogP contribution in [0.15, 0.2) is 0 Å². The second-order valence-corrected chi connectivity index (χ2v) is 2.51. The molecular weight excluding hydrogens is 92.1 g/mol. The van der Waals surface area contributed by atoms with Gasteiger partial charge >= 0.3 is 0 Å². The molecule has 0 N–H and O–H groups in total. The molecule has 3 fully saturated rings. The van der Waals surface area contributed by atoms with Gasteiger partial charge in [-0.3, -0.25) is 0 Å². The van der Waals surface area contributed by atoms with Crippen molar-refractivity contribution < 1.29 is 9.47 Å². The van der Waals surface area contributed by atoms with Crippen molar-refractivity contribution in [3.8, 4) is 0 Å². The van der Waals surface area contributed by atoms with Crippen molar-refractivity contribution >= 4 is 0 Å². The van der Waals surface area contributed by atoms with Crippen LogP contribution in [0.5, 0.6) is 0 Å². The van der Waals surface area contributed by atoms with E-state index in [9.17, 15) is 0 Å². The van der Waals surface area contributed by atoms with Crippen molar-refractivity contribution in [1.29, 1.82) is 0 Å². The lowest BCUT2D eigenvalue weighted by atomic mass is 10.4. The first-order valence-corrected chi connectivity index (χ1v) is 2.76. The highest BCUT2D eigenvalue weighted by Crippen LogP contribution is 2.50. The van der Waals surface area contributed by atoms with E-state index in [4.69, 9.17) is 9.47 Å². The largest absolute Gasteiger partial charge is 0.367 e. The lowest BCUT2D eigenvalue weighted by Crippen LogP contribution is -1.92. The van der Waals surface area contributed by atoms with E-state index in [0.717, 1.165) is 0 Å². The Morgan fingerprint density at radius 1 is 1.00 bits per heavy atom. The lowest BCUT2D eigenvalue weighted by Gasteiger charge is -1.78. The second-order valence-electron chi connectivity index (χ2n) is 2.51. The summed E-state index contributed by atoms with van der Waals surface area (Å²) in [6.45, 7) is 0. The SMILES string of the molecule is C1C2OC2C2OC12. The third kappa shape index (κ3) is 0.229. The Balaban J connectivity index is 2.02. The molecule has 2 heteroatoms. The number of epoxide rings is 2. The van der Waals surface area contributed by atoms with E-state index in [0.29, 0.717) is 24.4 Å². The molecule has 0 amide bonds. The second kappa shape index (κ2) is 0.644. The summed E-state index contributed by atoms with van der Waals surface area (Å²) in [7, 11) is 0. The highest BCUT2D eigenvalue weighted by atomic mass is 16.7. The summed E-state index contributed by atoms with van der Waals surface area (Å²) in [5.74, 6) is 0. The van der Waals surface area contributed by atoms with Gasteiger partial charge in [-0.2, -0.15) is 0 Å². The molecule has 0 radical (unpaired) electrons. The molecule has 2 heterocycles. The van der Waals surface area contributed by atoms with Gasteiger partial charge in [0.1, 0.15) is 12.2 Å². The number of hydrogen-bond acceptors (Lipinski definition) is 2. The van der Waals surface area contributed by atoms with Gasteiger partial charge in [-0.1, -0.05) is 0 Å². The van der Waals surface area contributed by atoms with Gasteiger partial charge in [-0.15, -0.1) is 0 Å². The predicted octanol–water partition coefficient (Wildman–Crippen LogP) is -0.0751. The quantitative estimate of drug-likeness (QED) is 0.396. The monoisotopic (exact) mass is 98.0 g/mol. The summed E-state index contributed by atoms with van der Waals surface area (Å²) in [6, 6.07) is 0. The minimum atomic E-state index is 0.532. The van der Waals surface area contributed by atoms with Crippen LogP contribution in [-0.2, 0) is 9.47 Å². The van der Waals surface area contributed by atoms with Crippen LogP contribution in [0.3, 0.4) is 0 Å². The van der Waals surface area contributed by atoms with Crippen molar-refractivity contribution in [2.24, 2.45) is 0 Å². The van der Waals surface area contributed by atoms with Crippen molar-refractivity contribution in [1.82, 2.24) is 0 Å². The molecule has 0 spiro atoms. The average molecular weight is 98.1 g/mol. The van der Waals surface area contributed by atoms with Crippen LogP contribution in [0.4, 0.5) is 0 Å². The molecule has 3 aliphatic rings. The van der Waals surface area contributed by atoms with Crippen LogP contribution in [0.2, 0.25) is 0 Å². The fraction of sp³-hybridized carbons (Fsp3) is 1.00. The molecule has 4 unspecified atom stereocenters. The zero-order chi connectivity index (χ0) is 4.43. The molecule has 1 saturated carbocycles. The van der Waals surface area contributed by atoms with Crippen LogP contribution in [0.25, 0.3) is 0 Å². The van der Waals surface area contributed by atoms with Crippen LogP contribution < -0.4 is 0 Å². The molecule has 0 aromatic rings. The van der Waals surface area contributed by atoms with Crippen molar-refractivity contribution in [2.45, 2.75) is 30.8 Å². The Hall–Kier alpha value is -0.0800. The normalized spacial score (nSPS) is 72.0. The average Bonchev–Trinajstić information content (AvgIpc) is 2.47. The summed E-state index contributed by atoms with van der Waals surface area (Å²) in [5, 5.41) is 0. The van der Waals surface area contributed by atoms with Gasteiger partial charge in [0.15, 0.2) is 0 Å². The van der Waals surface area contributed by atoms with Crippen molar-refractivity contribution in [2.75, 3.05) is 0 Å². The number of rotatable bonds is 0. The molecule has 2 saturated heterocycles. The number of fused-ring (bicyclic) bond motifs is 3. The molecule has 3 rings (SSSR count). The molecule has 0 aromatic carbocycles. The van der Waals surface area contributed by atoms with Gasteiger partial charge in [-0.25, -0.2) is 0 Å². The van der Waals surface area contributed by atoms with E-state index < -0.39 is 0 Å². The van der Waals surface area contributed by atoms with Gasteiger partial charge in [-0.05, 0) is 0 Å². The summed E-state index contributed by atoms with van der Waals surface area (Å²) in [5.41, 5.74) is 0. The van der Waals surface area contributed by atoms with Gasteiger partial charge in [0.2, 0.25) is 0 Å². The number of ether oxygens (including phenoxy) is 2. The highest BCUT2D eigenvalue weighted by molar-refractivity contribution is 5.12. The molecule has 0 aromatic heterocycles. The van der Waals surface area contributed by atoms with Crippen molar-refractivity contribution in [3.05, 3.63) is 0 Å². The maximum atomic E-state index is 5.18. The van der Waals surface area contributed by atoms with E-state index in [-0.39, 0.29) is 0 Å². The number of hydrogen-bond donors (Lipinski definition) is 0. The maximum Gasteiger partial charge on any atom is 0.113 e. The standard InChI is InChI=1S/C5H6O2/c1-2-4(6-2)5-3(1)7-5/h2-5H,1H2. The summed E-state index contributed by atoms with van der Waals surface area (Å²) in [6.07, 6.45) is 3.47. The maximum absolute atomic E-state index is 5.18. The Bertz CT molecular complexity index is 109. The Morgan fingerprint density at radius 2 is 1.57 bits per heavy atom. The predicted molar refractivity (Wildman–Crippen MR) is 21.9 cm³/mol. The van der Waals surface area contributed by atoms with Gasteiger partial charge in [0.05, 0.1) is 12.2 Å². The van der Waals surface area contributed by atoms with Gasteiger partial charge in [0, 0.05) is 6.42 Å².